The number of aliphatic carboxylic acids is 2. The summed E-state index contributed by atoms with van der Waals surface area (Å²) >= 11 is 0. The fraction of sp³-hybridized carbons (Fsp3) is 0.318. The number of amides is 1. The van der Waals surface area contributed by atoms with Crippen molar-refractivity contribution in [3.8, 4) is 11.3 Å². The molecular formula is C22H25N3O6. The average Bonchev–Trinajstić information content (AvgIpc) is 3.27. The van der Waals surface area contributed by atoms with Crippen molar-refractivity contribution < 1.29 is 29.0 Å². The van der Waals surface area contributed by atoms with Gasteiger partial charge in [0.05, 0.1) is 0 Å². The second-order valence-corrected chi connectivity index (χ2v) is 7.56. The van der Waals surface area contributed by atoms with Gasteiger partial charge in [-0.25, -0.2) is 9.59 Å². The van der Waals surface area contributed by atoms with Gasteiger partial charge in [-0.2, -0.15) is 0 Å². The van der Waals surface area contributed by atoms with E-state index in [1.165, 1.54) is 12.8 Å². The summed E-state index contributed by atoms with van der Waals surface area (Å²) in [6.07, 6.45) is 3.47. The summed E-state index contributed by atoms with van der Waals surface area (Å²) in [5.74, 6) is -1.44. The van der Waals surface area contributed by atoms with Gasteiger partial charge in [-0.1, -0.05) is 12.1 Å². The molecule has 4 rings (SSSR count). The van der Waals surface area contributed by atoms with Crippen molar-refractivity contribution in [3.63, 3.8) is 0 Å². The molecule has 1 amide bonds. The summed E-state index contributed by atoms with van der Waals surface area (Å²) < 4.78 is 5.80. The number of carboxylic acids is 2. The van der Waals surface area contributed by atoms with Crippen LogP contribution >= 0.6 is 0 Å². The average molecular weight is 427 g/mol. The van der Waals surface area contributed by atoms with Crippen molar-refractivity contribution >= 4 is 23.5 Å². The minimum absolute atomic E-state index is 0.00912. The van der Waals surface area contributed by atoms with E-state index >= 15 is 0 Å². The van der Waals surface area contributed by atoms with Gasteiger partial charge in [0.15, 0.2) is 5.76 Å². The van der Waals surface area contributed by atoms with Gasteiger partial charge in [0, 0.05) is 48.6 Å². The monoisotopic (exact) mass is 427 g/mol. The van der Waals surface area contributed by atoms with E-state index in [1.807, 2.05) is 35.2 Å². The van der Waals surface area contributed by atoms with E-state index in [-0.39, 0.29) is 5.91 Å². The van der Waals surface area contributed by atoms with Crippen LogP contribution in [0, 0.1) is 0 Å². The fourth-order valence-electron chi connectivity index (χ4n) is 3.88. The number of benzene rings is 1. The number of furan rings is 1. The Morgan fingerprint density at radius 3 is 2.19 bits per heavy atom. The molecule has 2 aliphatic heterocycles. The van der Waals surface area contributed by atoms with Gasteiger partial charge in [-0.15, -0.1) is 0 Å². The zero-order valence-electron chi connectivity index (χ0n) is 17.1. The minimum atomic E-state index is -1.26. The van der Waals surface area contributed by atoms with Crippen LogP contribution in [0.15, 0.2) is 53.0 Å². The highest BCUT2D eigenvalue weighted by Gasteiger charge is 2.39. The maximum Gasteiger partial charge on any atom is 0.328 e. The number of hydrogen-bond acceptors (Lipinski definition) is 6. The first-order valence-electron chi connectivity index (χ1n) is 9.85. The van der Waals surface area contributed by atoms with Crippen LogP contribution in [0.3, 0.4) is 0 Å². The predicted octanol–water partition coefficient (Wildman–Crippen LogP) is 2.16. The van der Waals surface area contributed by atoms with Crippen molar-refractivity contribution in [1.82, 2.24) is 9.80 Å². The Labute approximate surface area is 179 Å². The molecular weight excluding hydrogens is 402 g/mol. The van der Waals surface area contributed by atoms with Gasteiger partial charge >= 0.3 is 11.9 Å². The zero-order valence-corrected chi connectivity index (χ0v) is 17.1. The van der Waals surface area contributed by atoms with Crippen molar-refractivity contribution in [2.45, 2.75) is 24.9 Å². The summed E-state index contributed by atoms with van der Waals surface area (Å²) in [6.45, 7) is 1.58. The third-order valence-electron chi connectivity index (χ3n) is 5.49. The number of likely N-dealkylation sites (N-methyl/N-ethyl adjacent to an activating group) is 1. The Morgan fingerprint density at radius 2 is 1.65 bits per heavy atom. The van der Waals surface area contributed by atoms with E-state index < -0.39 is 11.9 Å². The summed E-state index contributed by atoms with van der Waals surface area (Å²) in [4.78, 5) is 36.2. The highest BCUT2D eigenvalue weighted by atomic mass is 16.4. The number of fused-ring (bicyclic) bond motifs is 2. The third-order valence-corrected chi connectivity index (χ3v) is 5.49. The van der Waals surface area contributed by atoms with E-state index in [9.17, 15) is 14.4 Å². The number of carbonyl (C=O) groups is 3. The molecule has 3 heterocycles. The Balaban J connectivity index is 0.000000293. The van der Waals surface area contributed by atoms with Crippen molar-refractivity contribution in [2.75, 3.05) is 25.9 Å². The van der Waals surface area contributed by atoms with Crippen LogP contribution in [0.5, 0.6) is 0 Å². The first kappa shape index (κ1) is 22.1. The Morgan fingerprint density at radius 1 is 1.03 bits per heavy atom. The maximum atomic E-state index is 12.7. The molecule has 31 heavy (non-hydrogen) atoms. The lowest BCUT2D eigenvalue weighted by atomic mass is 10.1. The number of hydrogen-bond donors (Lipinski definition) is 3. The molecule has 0 saturated carbocycles. The Hall–Kier alpha value is -3.59. The second kappa shape index (κ2) is 9.48. The molecule has 2 bridgehead atoms. The number of carboxylic acid groups (broad SMARTS) is 2. The number of rotatable bonds is 4. The van der Waals surface area contributed by atoms with Crippen LogP contribution in [0.25, 0.3) is 11.3 Å². The molecule has 9 heteroatoms. The minimum Gasteiger partial charge on any atom is -0.478 e. The molecule has 9 nitrogen and oxygen atoms in total. The number of nitrogen functional groups attached to an aromatic ring is 1. The lowest BCUT2D eigenvalue weighted by molar-refractivity contribution is -0.134. The van der Waals surface area contributed by atoms with E-state index in [0.29, 0.717) is 41.4 Å². The largest absolute Gasteiger partial charge is 0.478 e. The van der Waals surface area contributed by atoms with Gasteiger partial charge in [0.25, 0.3) is 5.91 Å². The molecule has 4 N–H and O–H groups in total. The Kier molecular flexibility index (Phi) is 6.76. The fourth-order valence-corrected chi connectivity index (χ4v) is 3.88. The molecule has 0 aliphatic carbocycles. The smallest absolute Gasteiger partial charge is 0.328 e. The summed E-state index contributed by atoms with van der Waals surface area (Å²) in [6, 6.07) is 12.1. The zero-order chi connectivity index (χ0) is 22.5. The maximum absolute atomic E-state index is 12.7. The normalized spacial score (nSPS) is 20.4. The standard InChI is InChI=1S/C18H21N3O2.C4H4O4/c1-20-14-5-6-15(20)11-21(10-14)18(22)17-8-7-16(23-17)12-3-2-4-13(19)9-12;5-3(6)1-2-4(7)8/h2-4,7-9,14-15H,5-6,10-11,19H2,1H3;1-2H,(H,5,6)(H,7,8)/b;2-1+. The number of nitrogens with zero attached hydrogens (tertiary/aromatic N) is 2. The van der Waals surface area contributed by atoms with Crippen molar-refractivity contribution in [2.24, 2.45) is 0 Å². The Bertz CT molecular complexity index is 969. The first-order chi connectivity index (χ1) is 14.7. The molecule has 2 unspecified atom stereocenters. The van der Waals surface area contributed by atoms with Gasteiger partial charge in [0.1, 0.15) is 5.76 Å². The molecule has 2 aliphatic rings. The highest BCUT2D eigenvalue weighted by molar-refractivity contribution is 5.92. The van der Waals surface area contributed by atoms with Crippen molar-refractivity contribution in [1.29, 1.82) is 0 Å². The SMILES string of the molecule is CN1C2CCC1CN(C(=O)c1ccc(-c3cccc(N)c3)o1)C2.O=C(O)/C=C/C(=O)O. The third kappa shape index (κ3) is 5.52. The predicted molar refractivity (Wildman–Crippen MR) is 113 cm³/mol. The molecule has 0 spiro atoms. The molecule has 0 radical (unpaired) electrons. The van der Waals surface area contributed by atoms with Crippen LogP contribution in [-0.2, 0) is 9.59 Å². The van der Waals surface area contributed by atoms with Gasteiger partial charge in [-0.3, -0.25) is 9.69 Å². The van der Waals surface area contributed by atoms with Crippen LogP contribution in [0.2, 0.25) is 0 Å². The molecule has 2 atom stereocenters. The summed E-state index contributed by atoms with van der Waals surface area (Å²) in [5, 5.41) is 15.6. The van der Waals surface area contributed by atoms with Crippen LogP contribution < -0.4 is 5.73 Å². The van der Waals surface area contributed by atoms with E-state index in [0.717, 1.165) is 18.7 Å². The number of likely N-dealkylation sites (tertiary alicyclic amines) is 1. The summed E-state index contributed by atoms with van der Waals surface area (Å²) in [5.41, 5.74) is 7.38. The van der Waals surface area contributed by atoms with Crippen LogP contribution in [-0.4, -0.2) is 70.1 Å². The van der Waals surface area contributed by atoms with Crippen molar-refractivity contribution in [3.05, 3.63) is 54.3 Å². The lowest BCUT2D eigenvalue weighted by Gasteiger charge is -2.38. The lowest BCUT2D eigenvalue weighted by Crippen LogP contribution is -2.53. The van der Waals surface area contributed by atoms with Crippen LogP contribution in [0.4, 0.5) is 5.69 Å². The number of anilines is 1. The quantitative estimate of drug-likeness (QED) is 0.499. The molecule has 164 valence electrons. The summed E-state index contributed by atoms with van der Waals surface area (Å²) in [7, 11) is 2.16. The van der Waals surface area contributed by atoms with Gasteiger partial charge in [-0.05, 0) is 44.2 Å². The first-order valence-corrected chi connectivity index (χ1v) is 9.85. The van der Waals surface area contributed by atoms with Crippen LogP contribution in [0.1, 0.15) is 23.4 Å². The molecule has 1 aromatic heterocycles. The van der Waals surface area contributed by atoms with E-state index in [1.54, 1.807) is 6.07 Å². The molecule has 1 aromatic carbocycles. The highest BCUT2D eigenvalue weighted by Crippen LogP contribution is 2.30. The number of nitrogens with two attached hydrogens (primary N) is 1. The topological polar surface area (TPSA) is 137 Å². The molecule has 2 aromatic rings. The van der Waals surface area contributed by atoms with E-state index in [2.05, 4.69) is 11.9 Å². The number of carbonyl (C=O) groups excluding carboxylic acids is 1. The molecule has 2 fully saturated rings. The van der Waals surface area contributed by atoms with Gasteiger partial charge < -0.3 is 25.3 Å². The second-order valence-electron chi connectivity index (χ2n) is 7.56. The van der Waals surface area contributed by atoms with Gasteiger partial charge in [0.2, 0.25) is 0 Å². The number of piperazine rings is 1. The van der Waals surface area contributed by atoms with E-state index in [4.69, 9.17) is 20.4 Å². The molecule has 2 saturated heterocycles.